The summed E-state index contributed by atoms with van der Waals surface area (Å²) in [5.74, 6) is 1.44. The van der Waals surface area contributed by atoms with E-state index in [0.29, 0.717) is 18.1 Å². The van der Waals surface area contributed by atoms with Gasteiger partial charge < -0.3 is 14.8 Å². The summed E-state index contributed by atoms with van der Waals surface area (Å²) in [6, 6.07) is 0.538. The average molecular weight is 241 g/mol. The molecule has 0 spiro atoms. The lowest BCUT2D eigenvalue weighted by molar-refractivity contribution is 0.000299. The zero-order valence-electron chi connectivity index (χ0n) is 11.3. The van der Waals surface area contributed by atoms with Crippen LogP contribution in [-0.4, -0.2) is 38.5 Å². The summed E-state index contributed by atoms with van der Waals surface area (Å²) in [5.41, 5.74) is 0. The molecule has 2 saturated heterocycles. The zero-order chi connectivity index (χ0) is 12.1. The van der Waals surface area contributed by atoms with E-state index >= 15 is 0 Å². The van der Waals surface area contributed by atoms with Gasteiger partial charge in [-0.3, -0.25) is 0 Å². The lowest BCUT2D eigenvalue weighted by Crippen LogP contribution is -2.49. The van der Waals surface area contributed by atoms with Gasteiger partial charge in [-0.1, -0.05) is 13.8 Å². The van der Waals surface area contributed by atoms with E-state index in [1.54, 1.807) is 0 Å². The van der Waals surface area contributed by atoms with Crippen LogP contribution in [0.4, 0.5) is 0 Å². The van der Waals surface area contributed by atoms with E-state index in [-0.39, 0.29) is 0 Å². The molecule has 17 heavy (non-hydrogen) atoms. The van der Waals surface area contributed by atoms with Gasteiger partial charge in [0.2, 0.25) is 0 Å². The van der Waals surface area contributed by atoms with Crippen LogP contribution in [0.5, 0.6) is 0 Å². The van der Waals surface area contributed by atoms with Crippen molar-refractivity contribution in [3.8, 4) is 0 Å². The highest BCUT2D eigenvalue weighted by Crippen LogP contribution is 2.30. The van der Waals surface area contributed by atoms with Gasteiger partial charge in [-0.05, 0) is 44.1 Å². The van der Waals surface area contributed by atoms with Crippen LogP contribution < -0.4 is 5.32 Å². The van der Waals surface area contributed by atoms with Gasteiger partial charge in [-0.25, -0.2) is 0 Å². The van der Waals surface area contributed by atoms with E-state index in [4.69, 9.17) is 9.47 Å². The van der Waals surface area contributed by atoms with Crippen molar-refractivity contribution in [3.05, 3.63) is 0 Å². The summed E-state index contributed by atoms with van der Waals surface area (Å²) in [6.45, 7) is 8.46. The van der Waals surface area contributed by atoms with Gasteiger partial charge in [0, 0.05) is 25.9 Å². The normalized spacial score (nSPS) is 32.8. The fourth-order valence-electron chi connectivity index (χ4n) is 3.11. The Morgan fingerprint density at radius 1 is 1.18 bits per heavy atom. The van der Waals surface area contributed by atoms with Crippen molar-refractivity contribution in [2.75, 3.05) is 26.4 Å². The lowest BCUT2D eigenvalue weighted by Gasteiger charge is -2.36. The van der Waals surface area contributed by atoms with Gasteiger partial charge in [0.15, 0.2) is 0 Å². The maximum absolute atomic E-state index is 5.97. The maximum Gasteiger partial charge on any atom is 0.0757 e. The molecule has 2 fully saturated rings. The van der Waals surface area contributed by atoms with E-state index in [1.165, 1.54) is 25.7 Å². The van der Waals surface area contributed by atoms with Crippen LogP contribution in [0.3, 0.4) is 0 Å². The topological polar surface area (TPSA) is 30.5 Å². The molecule has 3 heteroatoms. The number of hydrogen-bond donors (Lipinski definition) is 1. The van der Waals surface area contributed by atoms with Crippen molar-refractivity contribution in [2.24, 2.45) is 11.8 Å². The second-order valence-electron chi connectivity index (χ2n) is 5.53. The number of hydrogen-bond acceptors (Lipinski definition) is 3. The Morgan fingerprint density at radius 2 is 1.94 bits per heavy atom. The molecule has 0 saturated carbocycles. The van der Waals surface area contributed by atoms with E-state index in [9.17, 15) is 0 Å². The van der Waals surface area contributed by atoms with Crippen molar-refractivity contribution < 1.29 is 9.47 Å². The highest BCUT2D eigenvalue weighted by atomic mass is 16.5. The van der Waals surface area contributed by atoms with Crippen LogP contribution >= 0.6 is 0 Å². The maximum atomic E-state index is 5.97. The van der Waals surface area contributed by atoms with Crippen LogP contribution in [0.2, 0.25) is 0 Å². The Labute approximate surface area is 105 Å². The fourth-order valence-corrected chi connectivity index (χ4v) is 3.11. The summed E-state index contributed by atoms with van der Waals surface area (Å²) in [4.78, 5) is 0. The van der Waals surface area contributed by atoms with Crippen molar-refractivity contribution in [3.63, 3.8) is 0 Å². The number of ether oxygens (including phenoxy) is 2. The molecule has 3 nitrogen and oxygen atoms in total. The number of nitrogens with one attached hydrogen (secondary N) is 1. The zero-order valence-corrected chi connectivity index (χ0v) is 11.3. The quantitative estimate of drug-likeness (QED) is 0.800. The lowest BCUT2D eigenvalue weighted by atomic mass is 9.84. The summed E-state index contributed by atoms with van der Waals surface area (Å²) in [6.07, 6.45) is 5.21. The van der Waals surface area contributed by atoms with E-state index in [2.05, 4.69) is 19.2 Å². The first-order valence-electron chi connectivity index (χ1n) is 7.25. The monoisotopic (exact) mass is 241 g/mol. The molecule has 0 aromatic heterocycles. The van der Waals surface area contributed by atoms with Crippen molar-refractivity contribution >= 4 is 0 Å². The number of rotatable bonds is 5. The molecule has 2 aliphatic heterocycles. The molecule has 0 amide bonds. The van der Waals surface area contributed by atoms with Crippen LogP contribution in [0.25, 0.3) is 0 Å². The highest BCUT2D eigenvalue weighted by molar-refractivity contribution is 4.90. The molecule has 0 radical (unpaired) electrons. The molecule has 0 aliphatic carbocycles. The molecule has 3 atom stereocenters. The van der Waals surface area contributed by atoms with Crippen molar-refractivity contribution in [1.29, 1.82) is 0 Å². The van der Waals surface area contributed by atoms with E-state index in [0.717, 1.165) is 32.3 Å². The first-order valence-corrected chi connectivity index (χ1v) is 7.25. The van der Waals surface area contributed by atoms with Gasteiger partial charge in [0.1, 0.15) is 0 Å². The highest BCUT2D eigenvalue weighted by Gasteiger charge is 2.36. The molecular formula is C14H27NO2. The minimum absolute atomic E-state index is 0.421. The van der Waals surface area contributed by atoms with Gasteiger partial charge in [-0.2, -0.15) is 0 Å². The molecule has 100 valence electrons. The summed E-state index contributed by atoms with van der Waals surface area (Å²) in [7, 11) is 0. The SMILES string of the molecule is CCCNC(C1CCOCC1)C1OCCC1C. The minimum atomic E-state index is 0.421. The fraction of sp³-hybridized carbons (Fsp3) is 1.00. The standard InChI is InChI=1S/C14H27NO2/c1-3-7-15-13(12-5-8-16-9-6-12)14-11(2)4-10-17-14/h11-15H,3-10H2,1-2H3. The predicted octanol–water partition coefficient (Wildman–Crippen LogP) is 2.21. The Bertz CT molecular complexity index is 216. The first kappa shape index (κ1) is 13.3. The smallest absolute Gasteiger partial charge is 0.0757 e. The average Bonchev–Trinajstić information content (AvgIpc) is 2.78. The van der Waals surface area contributed by atoms with Crippen LogP contribution in [0.15, 0.2) is 0 Å². The molecule has 0 bridgehead atoms. The van der Waals surface area contributed by atoms with Gasteiger partial charge in [-0.15, -0.1) is 0 Å². The third-order valence-corrected chi connectivity index (χ3v) is 4.20. The van der Waals surface area contributed by atoms with Crippen molar-refractivity contribution in [1.82, 2.24) is 5.32 Å². The third-order valence-electron chi connectivity index (χ3n) is 4.20. The summed E-state index contributed by atoms with van der Waals surface area (Å²) >= 11 is 0. The van der Waals surface area contributed by atoms with Crippen LogP contribution in [0.1, 0.15) is 39.5 Å². The molecule has 1 N–H and O–H groups in total. The molecule has 2 aliphatic rings. The minimum Gasteiger partial charge on any atom is -0.381 e. The van der Waals surface area contributed by atoms with E-state index in [1.807, 2.05) is 0 Å². The van der Waals surface area contributed by atoms with Crippen LogP contribution in [-0.2, 0) is 9.47 Å². The molecule has 2 rings (SSSR count). The first-order chi connectivity index (χ1) is 8.33. The molecule has 0 aromatic rings. The molecule has 2 heterocycles. The second-order valence-corrected chi connectivity index (χ2v) is 5.53. The largest absolute Gasteiger partial charge is 0.381 e. The Balaban J connectivity index is 1.95. The van der Waals surface area contributed by atoms with E-state index < -0.39 is 0 Å². The summed E-state index contributed by atoms with van der Waals surface area (Å²) in [5, 5.41) is 3.73. The van der Waals surface area contributed by atoms with Gasteiger partial charge >= 0.3 is 0 Å². The van der Waals surface area contributed by atoms with Crippen LogP contribution in [0, 0.1) is 11.8 Å². The Kier molecular flexibility index (Phi) is 5.26. The van der Waals surface area contributed by atoms with Gasteiger partial charge in [0.25, 0.3) is 0 Å². The summed E-state index contributed by atoms with van der Waals surface area (Å²) < 4.78 is 11.4. The predicted molar refractivity (Wildman–Crippen MR) is 69.1 cm³/mol. The Hall–Kier alpha value is -0.120. The molecule has 0 aromatic carbocycles. The molecular weight excluding hydrogens is 214 g/mol. The second kappa shape index (κ2) is 6.72. The Morgan fingerprint density at radius 3 is 2.53 bits per heavy atom. The van der Waals surface area contributed by atoms with Crippen molar-refractivity contribution in [2.45, 2.75) is 51.7 Å². The molecule has 3 unspecified atom stereocenters. The van der Waals surface area contributed by atoms with Gasteiger partial charge in [0.05, 0.1) is 6.10 Å². The third kappa shape index (κ3) is 3.43.